The normalized spacial score (nSPS) is 24.9. The summed E-state index contributed by atoms with van der Waals surface area (Å²) in [5, 5.41) is 7.94. The Morgan fingerprint density at radius 1 is 1.29 bits per heavy atom. The largest absolute Gasteiger partial charge is 0.364 e. The van der Waals surface area contributed by atoms with Crippen LogP contribution in [0.4, 0.5) is 4.39 Å². The van der Waals surface area contributed by atoms with Gasteiger partial charge in [-0.15, -0.1) is 0 Å². The van der Waals surface area contributed by atoms with Crippen molar-refractivity contribution in [3.05, 3.63) is 59.4 Å². The first-order valence-electron chi connectivity index (χ1n) is 9.79. The molecule has 0 radical (unpaired) electrons. The fourth-order valence-corrected chi connectivity index (χ4v) is 4.51. The maximum atomic E-state index is 14.1. The molecule has 0 spiro atoms. The predicted octanol–water partition coefficient (Wildman–Crippen LogP) is 3.14. The number of nitrogens with zero attached hydrogens (tertiary/aromatic N) is 5. The number of aliphatic imine (C=N–C) groups is 1. The highest BCUT2D eigenvalue weighted by molar-refractivity contribution is 5.96. The first-order valence-corrected chi connectivity index (χ1v) is 9.79. The average molecular weight is 378 g/mol. The Labute approximate surface area is 163 Å². The number of hydrogen-bond donors (Lipinski definition) is 1. The van der Waals surface area contributed by atoms with E-state index in [1.54, 1.807) is 6.07 Å². The second kappa shape index (κ2) is 6.58. The van der Waals surface area contributed by atoms with Gasteiger partial charge in [-0.25, -0.2) is 14.1 Å². The summed E-state index contributed by atoms with van der Waals surface area (Å²) in [6.07, 6.45) is 10.5. The topological polar surface area (TPSA) is 58.3 Å². The fourth-order valence-electron chi connectivity index (χ4n) is 4.51. The Bertz CT molecular complexity index is 1000. The zero-order valence-corrected chi connectivity index (χ0v) is 15.9. The van der Waals surface area contributed by atoms with Gasteiger partial charge in [0.25, 0.3) is 0 Å². The molecule has 144 valence electrons. The minimum atomic E-state index is -0.284. The van der Waals surface area contributed by atoms with Crippen molar-refractivity contribution in [3.63, 3.8) is 0 Å². The molecule has 1 saturated heterocycles. The molecule has 0 aromatic carbocycles. The van der Waals surface area contributed by atoms with Gasteiger partial charge < -0.3 is 10.2 Å². The molecule has 5 rings (SSSR count). The number of aromatic nitrogens is 3. The average Bonchev–Trinajstić information content (AvgIpc) is 3.29. The molecule has 0 amide bonds. The van der Waals surface area contributed by atoms with E-state index >= 15 is 0 Å². The minimum Gasteiger partial charge on any atom is -0.364 e. The first kappa shape index (κ1) is 17.2. The van der Waals surface area contributed by atoms with Gasteiger partial charge in [-0.1, -0.05) is 6.58 Å². The Morgan fingerprint density at radius 3 is 3.07 bits per heavy atom. The van der Waals surface area contributed by atoms with E-state index < -0.39 is 0 Å². The van der Waals surface area contributed by atoms with Crippen molar-refractivity contribution in [2.45, 2.75) is 44.8 Å². The highest BCUT2D eigenvalue weighted by atomic mass is 19.1. The molecular formula is C21H23FN6. The molecule has 5 heterocycles. The first-order chi connectivity index (χ1) is 13.6. The van der Waals surface area contributed by atoms with Crippen molar-refractivity contribution in [3.8, 4) is 0 Å². The summed E-state index contributed by atoms with van der Waals surface area (Å²) in [7, 11) is 0. The van der Waals surface area contributed by atoms with E-state index in [0.717, 1.165) is 66.3 Å². The lowest BCUT2D eigenvalue weighted by Crippen LogP contribution is -2.33. The van der Waals surface area contributed by atoms with Crippen LogP contribution in [-0.4, -0.2) is 38.2 Å². The summed E-state index contributed by atoms with van der Waals surface area (Å²) in [6.45, 7) is 7.11. The lowest BCUT2D eigenvalue weighted by Gasteiger charge is -2.29. The van der Waals surface area contributed by atoms with Crippen LogP contribution in [0.15, 0.2) is 36.1 Å². The van der Waals surface area contributed by atoms with Crippen LogP contribution >= 0.6 is 0 Å². The van der Waals surface area contributed by atoms with Crippen LogP contribution in [0.25, 0.3) is 11.9 Å². The third-order valence-corrected chi connectivity index (χ3v) is 5.77. The lowest BCUT2D eigenvalue weighted by molar-refractivity contribution is 0.393. The van der Waals surface area contributed by atoms with E-state index in [4.69, 9.17) is 4.99 Å². The number of nitrogens with one attached hydrogen (secondary N) is 1. The number of fused-ring (bicyclic) bond motifs is 5. The maximum Gasteiger partial charge on any atom is 0.141 e. The molecule has 0 saturated carbocycles. The summed E-state index contributed by atoms with van der Waals surface area (Å²) < 4.78 is 16.0. The van der Waals surface area contributed by atoms with E-state index in [0.29, 0.717) is 0 Å². The van der Waals surface area contributed by atoms with Crippen molar-refractivity contribution < 1.29 is 4.39 Å². The number of rotatable bonds is 0. The SMILES string of the molecule is C=C1NC(C)N=C2/C=C\n3ncc1c3CCc1ncc(F)cc1C1CCCN21. The molecule has 28 heavy (non-hydrogen) atoms. The summed E-state index contributed by atoms with van der Waals surface area (Å²) in [5.41, 5.74) is 4.80. The Kier molecular flexibility index (Phi) is 4.03. The summed E-state index contributed by atoms with van der Waals surface area (Å²) in [4.78, 5) is 11.6. The molecule has 1 fully saturated rings. The van der Waals surface area contributed by atoms with E-state index in [1.807, 2.05) is 30.1 Å². The summed E-state index contributed by atoms with van der Waals surface area (Å²) in [6, 6.07) is 1.74. The van der Waals surface area contributed by atoms with Gasteiger partial charge in [-0.05, 0) is 50.3 Å². The third-order valence-electron chi connectivity index (χ3n) is 5.77. The summed E-state index contributed by atoms with van der Waals surface area (Å²) in [5.74, 6) is 0.588. The van der Waals surface area contributed by atoms with Crippen molar-refractivity contribution >= 4 is 17.7 Å². The second-order valence-corrected chi connectivity index (χ2v) is 7.59. The zero-order chi connectivity index (χ0) is 19.3. The molecule has 1 N–H and O–H groups in total. The van der Waals surface area contributed by atoms with Gasteiger partial charge in [0.15, 0.2) is 0 Å². The molecule has 2 atom stereocenters. The second-order valence-electron chi connectivity index (χ2n) is 7.59. The van der Waals surface area contributed by atoms with Gasteiger partial charge in [-0.2, -0.15) is 5.10 Å². The number of hydrogen-bond acceptors (Lipinski definition) is 5. The van der Waals surface area contributed by atoms with Gasteiger partial charge in [0.1, 0.15) is 17.8 Å². The van der Waals surface area contributed by atoms with Crippen LogP contribution in [0.2, 0.25) is 0 Å². The summed E-state index contributed by atoms with van der Waals surface area (Å²) >= 11 is 0. The van der Waals surface area contributed by atoms with E-state index in [-0.39, 0.29) is 18.0 Å². The smallest absolute Gasteiger partial charge is 0.141 e. The molecule has 4 bridgehead atoms. The van der Waals surface area contributed by atoms with E-state index in [9.17, 15) is 4.39 Å². The number of amidine groups is 1. The molecule has 2 aromatic heterocycles. The molecular weight excluding hydrogens is 355 g/mol. The van der Waals surface area contributed by atoms with Crippen LogP contribution in [0.5, 0.6) is 0 Å². The number of pyridine rings is 1. The van der Waals surface area contributed by atoms with Gasteiger partial charge in [0, 0.05) is 29.7 Å². The Hall–Kier alpha value is -2.96. The minimum absolute atomic E-state index is 0.0858. The molecule has 6 nitrogen and oxygen atoms in total. The quantitative estimate of drug-likeness (QED) is 0.765. The molecule has 3 aliphatic rings. The molecule has 3 aliphatic heterocycles. The van der Waals surface area contributed by atoms with E-state index in [2.05, 4.69) is 26.9 Å². The van der Waals surface area contributed by atoms with Crippen LogP contribution < -0.4 is 5.32 Å². The molecule has 2 aromatic rings. The third kappa shape index (κ3) is 2.82. The van der Waals surface area contributed by atoms with Crippen molar-refractivity contribution in [2.75, 3.05) is 6.54 Å². The standard InChI is InChI=1S/C21H23FN6/c1-13-17-12-24-28-9-7-21(26-14(2)25-13)27-8-3-4-19(27)16-10-15(22)11-23-18(16)5-6-20(17)28/h7,9-12,14,19,25H,1,3-6,8H2,2H3/b9-7-,26-21?. The van der Waals surface area contributed by atoms with E-state index in [1.165, 1.54) is 6.20 Å². The van der Waals surface area contributed by atoms with Crippen molar-refractivity contribution in [2.24, 2.45) is 4.99 Å². The molecule has 7 heteroatoms. The predicted molar refractivity (Wildman–Crippen MR) is 107 cm³/mol. The van der Waals surface area contributed by atoms with Crippen LogP contribution in [0.3, 0.4) is 0 Å². The molecule has 0 aliphatic carbocycles. The number of halogens is 1. The van der Waals surface area contributed by atoms with Gasteiger partial charge in [0.2, 0.25) is 0 Å². The van der Waals surface area contributed by atoms with Gasteiger partial charge in [0.05, 0.1) is 24.1 Å². The lowest BCUT2D eigenvalue weighted by atomic mass is 9.98. The monoisotopic (exact) mass is 378 g/mol. The van der Waals surface area contributed by atoms with Crippen molar-refractivity contribution in [1.29, 1.82) is 0 Å². The highest BCUT2D eigenvalue weighted by Gasteiger charge is 2.31. The zero-order valence-electron chi connectivity index (χ0n) is 15.9. The van der Waals surface area contributed by atoms with Crippen LogP contribution in [0, 0.1) is 5.82 Å². The highest BCUT2D eigenvalue weighted by Crippen LogP contribution is 2.35. The molecule has 2 unspecified atom stereocenters. The van der Waals surface area contributed by atoms with Gasteiger partial charge in [-0.3, -0.25) is 4.98 Å². The van der Waals surface area contributed by atoms with Crippen LogP contribution in [0.1, 0.15) is 48.3 Å². The fraction of sp³-hybridized carbons (Fsp3) is 0.381. The maximum absolute atomic E-state index is 14.1. The van der Waals surface area contributed by atoms with Crippen molar-refractivity contribution in [1.82, 2.24) is 25.0 Å². The number of aryl methyl sites for hydroxylation is 1. The Balaban J connectivity index is 1.74. The van der Waals surface area contributed by atoms with Crippen LogP contribution in [-0.2, 0) is 12.8 Å². The van der Waals surface area contributed by atoms with Gasteiger partial charge >= 0.3 is 0 Å². The Morgan fingerprint density at radius 2 is 2.18 bits per heavy atom.